The van der Waals surface area contributed by atoms with Crippen LogP contribution in [0, 0.1) is 0 Å². The van der Waals surface area contributed by atoms with Crippen molar-refractivity contribution in [1.82, 2.24) is 5.32 Å². The number of hydrogen-bond donors (Lipinski definition) is 1. The molecule has 0 aliphatic heterocycles. The second-order valence-electron chi connectivity index (χ2n) is 3.92. The highest BCUT2D eigenvalue weighted by Crippen LogP contribution is 2.18. The molecule has 3 heteroatoms. The average molecular weight is 240 g/mol. The summed E-state index contributed by atoms with van der Waals surface area (Å²) in [5.74, 6) is -0.0371. The fourth-order valence-electron chi connectivity index (χ4n) is 1.44. The fourth-order valence-corrected chi connectivity index (χ4v) is 1.57. The van der Waals surface area contributed by atoms with Crippen LogP contribution in [0.3, 0.4) is 0 Å². The zero-order valence-electron chi connectivity index (χ0n) is 9.79. The number of hydrogen-bond acceptors (Lipinski definition) is 1. The highest BCUT2D eigenvalue weighted by molar-refractivity contribution is 6.30. The number of carbonyl (C=O) groups is 1. The summed E-state index contributed by atoms with van der Waals surface area (Å²) in [5.41, 5.74) is 0.999. The Morgan fingerprint density at radius 2 is 2.00 bits per heavy atom. The van der Waals surface area contributed by atoms with E-state index in [4.69, 9.17) is 11.6 Å². The van der Waals surface area contributed by atoms with Crippen molar-refractivity contribution in [2.75, 3.05) is 6.54 Å². The van der Waals surface area contributed by atoms with Crippen LogP contribution in [0.4, 0.5) is 0 Å². The fraction of sp³-hybridized carbons (Fsp3) is 0.462. The summed E-state index contributed by atoms with van der Waals surface area (Å²) >= 11 is 5.80. The molecule has 1 amide bonds. The lowest BCUT2D eigenvalue weighted by Gasteiger charge is -2.12. The Morgan fingerprint density at radius 1 is 1.38 bits per heavy atom. The molecule has 0 fully saturated rings. The van der Waals surface area contributed by atoms with Crippen LogP contribution in [0.15, 0.2) is 24.3 Å². The van der Waals surface area contributed by atoms with Gasteiger partial charge in [0, 0.05) is 11.6 Å². The van der Waals surface area contributed by atoms with E-state index in [1.165, 1.54) is 0 Å². The van der Waals surface area contributed by atoms with Crippen LogP contribution in [-0.4, -0.2) is 12.5 Å². The van der Waals surface area contributed by atoms with Crippen LogP contribution in [0.5, 0.6) is 0 Å². The van der Waals surface area contributed by atoms with E-state index < -0.39 is 0 Å². The molecular formula is C13H18ClNO. The van der Waals surface area contributed by atoms with Crippen molar-refractivity contribution in [3.63, 3.8) is 0 Å². The van der Waals surface area contributed by atoms with Gasteiger partial charge in [0.15, 0.2) is 0 Å². The van der Waals surface area contributed by atoms with Crippen molar-refractivity contribution < 1.29 is 4.79 Å². The molecule has 1 rings (SSSR count). The van der Waals surface area contributed by atoms with E-state index in [0.29, 0.717) is 5.02 Å². The quantitative estimate of drug-likeness (QED) is 0.785. The summed E-state index contributed by atoms with van der Waals surface area (Å²) in [6.07, 6.45) is 2.12. The van der Waals surface area contributed by atoms with E-state index in [9.17, 15) is 4.79 Å². The van der Waals surface area contributed by atoms with Crippen molar-refractivity contribution in [2.24, 2.45) is 0 Å². The monoisotopic (exact) mass is 239 g/mol. The Labute approximate surface area is 102 Å². The van der Waals surface area contributed by atoms with E-state index in [1.807, 2.05) is 31.2 Å². The maximum atomic E-state index is 11.8. The van der Waals surface area contributed by atoms with Gasteiger partial charge in [0.05, 0.1) is 5.92 Å². The third kappa shape index (κ3) is 3.86. The van der Waals surface area contributed by atoms with Gasteiger partial charge in [-0.1, -0.05) is 37.1 Å². The molecule has 0 aliphatic rings. The first-order valence-electron chi connectivity index (χ1n) is 5.68. The maximum absolute atomic E-state index is 11.8. The van der Waals surface area contributed by atoms with Gasteiger partial charge in [-0.25, -0.2) is 0 Å². The molecule has 0 aromatic heterocycles. The minimum Gasteiger partial charge on any atom is -0.356 e. The average Bonchev–Trinajstić information content (AvgIpc) is 2.29. The topological polar surface area (TPSA) is 29.1 Å². The van der Waals surface area contributed by atoms with Gasteiger partial charge in [0.1, 0.15) is 0 Å². The Morgan fingerprint density at radius 3 is 2.56 bits per heavy atom. The molecular weight excluding hydrogens is 222 g/mol. The molecule has 1 aromatic carbocycles. The minimum atomic E-state index is -0.117. The second-order valence-corrected chi connectivity index (χ2v) is 4.35. The van der Waals surface area contributed by atoms with E-state index in [2.05, 4.69) is 12.2 Å². The highest BCUT2D eigenvalue weighted by atomic mass is 35.5. The van der Waals surface area contributed by atoms with Crippen molar-refractivity contribution in [1.29, 1.82) is 0 Å². The molecule has 1 atom stereocenters. The van der Waals surface area contributed by atoms with E-state index in [1.54, 1.807) is 0 Å². The highest BCUT2D eigenvalue weighted by Gasteiger charge is 2.13. The van der Waals surface area contributed by atoms with Gasteiger partial charge < -0.3 is 5.32 Å². The van der Waals surface area contributed by atoms with Crippen molar-refractivity contribution in [3.8, 4) is 0 Å². The molecule has 0 spiro atoms. The summed E-state index contributed by atoms with van der Waals surface area (Å²) in [4.78, 5) is 11.8. The number of carbonyl (C=O) groups excluding carboxylic acids is 1. The molecule has 88 valence electrons. The number of nitrogens with one attached hydrogen (secondary N) is 1. The summed E-state index contributed by atoms with van der Waals surface area (Å²) < 4.78 is 0. The first-order valence-corrected chi connectivity index (χ1v) is 6.06. The predicted octanol–water partition coefficient (Wildman–Crippen LogP) is 3.36. The smallest absolute Gasteiger partial charge is 0.227 e. The molecule has 1 aromatic rings. The number of halogens is 1. The molecule has 0 aliphatic carbocycles. The van der Waals surface area contributed by atoms with Gasteiger partial charge in [0.25, 0.3) is 0 Å². The SMILES string of the molecule is CCCCNC(=O)C(C)c1ccc(Cl)cc1. The molecule has 1 unspecified atom stereocenters. The number of amides is 1. The predicted molar refractivity (Wildman–Crippen MR) is 67.8 cm³/mol. The standard InChI is InChI=1S/C13H18ClNO/c1-3-4-9-15-13(16)10(2)11-5-7-12(14)8-6-11/h5-8,10H,3-4,9H2,1-2H3,(H,15,16). The van der Waals surface area contributed by atoms with Gasteiger partial charge in [-0.05, 0) is 31.0 Å². The Kier molecular flexibility index (Phi) is 5.33. The lowest BCUT2D eigenvalue weighted by molar-refractivity contribution is -0.122. The number of unbranched alkanes of at least 4 members (excludes halogenated alkanes) is 1. The van der Waals surface area contributed by atoms with Gasteiger partial charge in [-0.15, -0.1) is 0 Å². The first kappa shape index (κ1) is 13.0. The summed E-state index contributed by atoms with van der Waals surface area (Å²) in [6.45, 7) is 4.77. The van der Waals surface area contributed by atoms with E-state index in [0.717, 1.165) is 24.9 Å². The summed E-state index contributed by atoms with van der Waals surface area (Å²) in [5, 5.41) is 3.62. The van der Waals surface area contributed by atoms with E-state index in [-0.39, 0.29) is 11.8 Å². The molecule has 2 nitrogen and oxygen atoms in total. The zero-order valence-corrected chi connectivity index (χ0v) is 10.6. The zero-order chi connectivity index (χ0) is 12.0. The summed E-state index contributed by atoms with van der Waals surface area (Å²) in [7, 11) is 0. The van der Waals surface area contributed by atoms with Crippen LogP contribution >= 0.6 is 11.6 Å². The third-order valence-corrected chi connectivity index (χ3v) is 2.84. The van der Waals surface area contributed by atoms with Crippen LogP contribution in [-0.2, 0) is 4.79 Å². The summed E-state index contributed by atoms with van der Waals surface area (Å²) in [6, 6.07) is 7.41. The number of rotatable bonds is 5. The van der Waals surface area contributed by atoms with Crippen molar-refractivity contribution in [3.05, 3.63) is 34.9 Å². The minimum absolute atomic E-state index is 0.0794. The van der Waals surface area contributed by atoms with Crippen molar-refractivity contribution in [2.45, 2.75) is 32.6 Å². The van der Waals surface area contributed by atoms with E-state index >= 15 is 0 Å². The molecule has 0 saturated heterocycles. The second kappa shape index (κ2) is 6.54. The number of benzene rings is 1. The third-order valence-electron chi connectivity index (χ3n) is 2.59. The largest absolute Gasteiger partial charge is 0.356 e. The molecule has 0 heterocycles. The van der Waals surface area contributed by atoms with Crippen molar-refractivity contribution >= 4 is 17.5 Å². The molecule has 0 radical (unpaired) electrons. The molecule has 0 bridgehead atoms. The van der Waals surface area contributed by atoms with Crippen LogP contribution in [0.2, 0.25) is 5.02 Å². The normalized spacial score (nSPS) is 12.2. The van der Waals surface area contributed by atoms with Gasteiger partial charge in [-0.2, -0.15) is 0 Å². The molecule has 1 N–H and O–H groups in total. The van der Waals surface area contributed by atoms with Gasteiger partial charge in [0.2, 0.25) is 5.91 Å². The van der Waals surface area contributed by atoms with Gasteiger partial charge in [-0.3, -0.25) is 4.79 Å². The lowest BCUT2D eigenvalue weighted by atomic mass is 10.0. The Balaban J connectivity index is 2.53. The molecule has 16 heavy (non-hydrogen) atoms. The molecule has 0 saturated carbocycles. The first-order chi connectivity index (χ1) is 7.65. The van der Waals surface area contributed by atoms with Crippen LogP contribution < -0.4 is 5.32 Å². The Bertz CT molecular complexity index is 334. The Hall–Kier alpha value is -1.02. The van der Waals surface area contributed by atoms with Gasteiger partial charge >= 0.3 is 0 Å². The van der Waals surface area contributed by atoms with Crippen LogP contribution in [0.1, 0.15) is 38.2 Å². The van der Waals surface area contributed by atoms with Crippen LogP contribution in [0.25, 0.3) is 0 Å². The maximum Gasteiger partial charge on any atom is 0.227 e. The lowest BCUT2D eigenvalue weighted by Crippen LogP contribution is -2.28.